The SMILES string of the molecule is CC/C=C\C(C)(C)/C(=C/CC)NC(CN1CCNCC1)c1cccc(OC)c1. The maximum absolute atomic E-state index is 5.49. The van der Waals surface area contributed by atoms with Gasteiger partial charge in [0.15, 0.2) is 0 Å². The molecule has 0 amide bonds. The first-order valence-corrected chi connectivity index (χ1v) is 10.7. The Morgan fingerprint density at radius 3 is 2.64 bits per heavy atom. The highest BCUT2D eigenvalue weighted by Crippen LogP contribution is 2.30. The van der Waals surface area contributed by atoms with Crippen LogP contribution in [0.15, 0.2) is 48.2 Å². The van der Waals surface area contributed by atoms with Gasteiger partial charge in [-0.25, -0.2) is 0 Å². The van der Waals surface area contributed by atoms with Gasteiger partial charge < -0.3 is 15.4 Å². The summed E-state index contributed by atoms with van der Waals surface area (Å²) in [5.74, 6) is 0.913. The van der Waals surface area contributed by atoms with E-state index in [4.69, 9.17) is 4.74 Å². The van der Waals surface area contributed by atoms with Gasteiger partial charge in [-0.15, -0.1) is 0 Å². The van der Waals surface area contributed by atoms with Crippen molar-refractivity contribution >= 4 is 0 Å². The van der Waals surface area contributed by atoms with Crippen LogP contribution in [-0.2, 0) is 0 Å². The van der Waals surface area contributed by atoms with Crippen LogP contribution in [0.2, 0.25) is 0 Å². The normalized spacial score (nSPS) is 17.7. The molecule has 1 unspecified atom stereocenters. The van der Waals surface area contributed by atoms with Gasteiger partial charge in [0.2, 0.25) is 0 Å². The molecular formula is C24H39N3O. The van der Waals surface area contributed by atoms with Crippen LogP contribution in [0.3, 0.4) is 0 Å². The third kappa shape index (κ3) is 6.68. The van der Waals surface area contributed by atoms with E-state index in [-0.39, 0.29) is 11.5 Å². The number of piperazine rings is 1. The average molecular weight is 386 g/mol. The number of ether oxygens (including phenoxy) is 1. The van der Waals surface area contributed by atoms with Crippen molar-refractivity contribution in [1.29, 1.82) is 0 Å². The van der Waals surface area contributed by atoms with Crippen LogP contribution in [0.5, 0.6) is 5.75 Å². The van der Waals surface area contributed by atoms with Gasteiger partial charge in [0.05, 0.1) is 13.2 Å². The molecule has 1 fully saturated rings. The minimum Gasteiger partial charge on any atom is -0.497 e. The molecule has 0 bridgehead atoms. The Kier molecular flexibility index (Phi) is 9.07. The lowest BCUT2D eigenvalue weighted by Crippen LogP contribution is -2.47. The zero-order chi connectivity index (χ0) is 20.4. The molecule has 0 aliphatic carbocycles. The Morgan fingerprint density at radius 1 is 1.25 bits per heavy atom. The largest absolute Gasteiger partial charge is 0.497 e. The number of allylic oxidation sites excluding steroid dienone is 3. The average Bonchev–Trinajstić information content (AvgIpc) is 2.72. The van der Waals surface area contributed by atoms with E-state index in [9.17, 15) is 0 Å². The summed E-state index contributed by atoms with van der Waals surface area (Å²) < 4.78 is 5.49. The molecule has 1 aromatic rings. The van der Waals surface area contributed by atoms with Gasteiger partial charge in [-0.05, 0) is 30.5 Å². The molecule has 0 saturated carbocycles. The lowest BCUT2D eigenvalue weighted by molar-refractivity contribution is 0.217. The molecule has 1 aliphatic heterocycles. The smallest absolute Gasteiger partial charge is 0.119 e. The second-order valence-corrected chi connectivity index (χ2v) is 8.08. The van der Waals surface area contributed by atoms with E-state index < -0.39 is 0 Å². The molecule has 1 aromatic carbocycles. The molecule has 1 aliphatic rings. The Bertz CT molecular complexity index is 645. The van der Waals surface area contributed by atoms with E-state index in [1.165, 1.54) is 11.3 Å². The third-order valence-electron chi connectivity index (χ3n) is 5.35. The zero-order valence-electron chi connectivity index (χ0n) is 18.4. The fourth-order valence-electron chi connectivity index (χ4n) is 3.65. The molecule has 0 aromatic heterocycles. The van der Waals surface area contributed by atoms with E-state index in [0.717, 1.165) is 51.3 Å². The lowest BCUT2D eigenvalue weighted by atomic mass is 9.86. The molecule has 4 nitrogen and oxygen atoms in total. The molecule has 2 N–H and O–H groups in total. The fraction of sp³-hybridized carbons (Fsp3) is 0.583. The highest BCUT2D eigenvalue weighted by Gasteiger charge is 2.25. The molecule has 1 atom stereocenters. The molecule has 1 saturated heterocycles. The predicted octanol–water partition coefficient (Wildman–Crippen LogP) is 4.52. The predicted molar refractivity (Wildman–Crippen MR) is 120 cm³/mol. The van der Waals surface area contributed by atoms with Gasteiger partial charge in [0.1, 0.15) is 5.75 Å². The fourth-order valence-corrected chi connectivity index (χ4v) is 3.65. The van der Waals surface area contributed by atoms with E-state index >= 15 is 0 Å². The molecule has 156 valence electrons. The molecule has 0 radical (unpaired) electrons. The first-order chi connectivity index (χ1) is 13.5. The molecule has 2 rings (SSSR count). The maximum Gasteiger partial charge on any atom is 0.119 e. The quantitative estimate of drug-likeness (QED) is 0.581. The molecule has 0 spiro atoms. The third-order valence-corrected chi connectivity index (χ3v) is 5.35. The number of hydrogen-bond acceptors (Lipinski definition) is 4. The van der Waals surface area contributed by atoms with Gasteiger partial charge in [0, 0.05) is 43.8 Å². The Labute approximate surface area is 172 Å². The summed E-state index contributed by atoms with van der Waals surface area (Å²) in [6.07, 6.45) is 9.01. The topological polar surface area (TPSA) is 36.5 Å². The van der Waals surface area contributed by atoms with E-state index in [2.05, 4.69) is 79.7 Å². The minimum absolute atomic E-state index is 0.0212. The molecule has 1 heterocycles. The zero-order valence-corrected chi connectivity index (χ0v) is 18.4. The van der Waals surface area contributed by atoms with E-state index in [1.807, 2.05) is 6.07 Å². The molecular weight excluding hydrogens is 346 g/mol. The summed E-state index contributed by atoms with van der Waals surface area (Å²) in [5.41, 5.74) is 2.55. The number of rotatable bonds is 10. The summed E-state index contributed by atoms with van der Waals surface area (Å²) in [6.45, 7) is 14.3. The highest BCUT2D eigenvalue weighted by atomic mass is 16.5. The Balaban J connectivity index is 2.30. The summed E-state index contributed by atoms with van der Waals surface area (Å²) in [6, 6.07) is 8.70. The number of hydrogen-bond donors (Lipinski definition) is 2. The first-order valence-electron chi connectivity index (χ1n) is 10.7. The minimum atomic E-state index is -0.0212. The van der Waals surface area contributed by atoms with Crippen LogP contribution in [0, 0.1) is 5.41 Å². The Morgan fingerprint density at radius 2 is 2.00 bits per heavy atom. The van der Waals surface area contributed by atoms with Crippen LogP contribution < -0.4 is 15.4 Å². The van der Waals surface area contributed by atoms with Crippen molar-refractivity contribution in [1.82, 2.24) is 15.5 Å². The maximum atomic E-state index is 5.49. The summed E-state index contributed by atoms with van der Waals surface area (Å²) >= 11 is 0. The second-order valence-electron chi connectivity index (χ2n) is 8.08. The van der Waals surface area contributed by atoms with Crippen molar-refractivity contribution in [2.45, 2.75) is 46.6 Å². The summed E-state index contributed by atoms with van der Waals surface area (Å²) in [7, 11) is 1.74. The molecule has 28 heavy (non-hydrogen) atoms. The van der Waals surface area contributed by atoms with E-state index in [0.29, 0.717) is 0 Å². The van der Waals surface area contributed by atoms with Gasteiger partial charge in [0.25, 0.3) is 0 Å². The monoisotopic (exact) mass is 385 g/mol. The van der Waals surface area contributed by atoms with Gasteiger partial charge in [-0.1, -0.05) is 58.1 Å². The van der Waals surface area contributed by atoms with Crippen molar-refractivity contribution in [2.75, 3.05) is 39.8 Å². The van der Waals surface area contributed by atoms with Crippen molar-refractivity contribution in [3.63, 3.8) is 0 Å². The summed E-state index contributed by atoms with van der Waals surface area (Å²) in [5, 5.41) is 7.36. The van der Waals surface area contributed by atoms with Crippen LogP contribution in [-0.4, -0.2) is 44.7 Å². The van der Waals surface area contributed by atoms with Gasteiger partial charge >= 0.3 is 0 Å². The van der Waals surface area contributed by atoms with Crippen molar-refractivity contribution in [2.24, 2.45) is 5.41 Å². The lowest BCUT2D eigenvalue weighted by Gasteiger charge is -2.35. The number of methoxy groups -OCH3 is 1. The number of nitrogens with zero attached hydrogens (tertiary/aromatic N) is 1. The van der Waals surface area contributed by atoms with Crippen LogP contribution in [0.1, 0.15) is 52.1 Å². The van der Waals surface area contributed by atoms with Crippen LogP contribution in [0.25, 0.3) is 0 Å². The van der Waals surface area contributed by atoms with Crippen molar-refractivity contribution in [3.05, 3.63) is 53.8 Å². The van der Waals surface area contributed by atoms with Gasteiger partial charge in [-0.3, -0.25) is 4.90 Å². The summed E-state index contributed by atoms with van der Waals surface area (Å²) in [4.78, 5) is 2.55. The van der Waals surface area contributed by atoms with Crippen LogP contribution in [0.4, 0.5) is 0 Å². The van der Waals surface area contributed by atoms with Gasteiger partial charge in [-0.2, -0.15) is 0 Å². The highest BCUT2D eigenvalue weighted by molar-refractivity contribution is 5.32. The van der Waals surface area contributed by atoms with Crippen molar-refractivity contribution < 1.29 is 4.74 Å². The Hall–Kier alpha value is -1.78. The standard InChI is InChI=1S/C24H39N3O/c1-6-8-13-24(3,4)23(10-7-2)26-22(19-27-16-14-25-15-17-27)20-11-9-12-21(18-20)28-5/h8-13,18,22,25-26H,6-7,14-17,19H2,1-5H3/b13-8-,23-10-. The number of nitrogens with one attached hydrogen (secondary N) is 2. The second kappa shape index (κ2) is 11.3. The van der Waals surface area contributed by atoms with Crippen molar-refractivity contribution in [3.8, 4) is 5.75 Å². The molecule has 4 heteroatoms. The van der Waals surface area contributed by atoms with Crippen LogP contribution >= 0.6 is 0 Å². The van der Waals surface area contributed by atoms with E-state index in [1.54, 1.807) is 7.11 Å². The number of benzene rings is 1. The first kappa shape index (κ1) is 22.5.